The average Bonchev–Trinajstić information content (AvgIpc) is 3.21. The van der Waals surface area contributed by atoms with E-state index in [4.69, 9.17) is 9.47 Å². The van der Waals surface area contributed by atoms with Gasteiger partial charge in [-0.05, 0) is 37.8 Å². The van der Waals surface area contributed by atoms with Crippen LogP contribution in [0.5, 0.6) is 5.75 Å². The van der Waals surface area contributed by atoms with Gasteiger partial charge in [-0.2, -0.15) is 8.78 Å². The van der Waals surface area contributed by atoms with Crippen LogP contribution in [0.3, 0.4) is 0 Å². The molecule has 2 saturated heterocycles. The second-order valence-corrected chi connectivity index (χ2v) is 7.46. The smallest absolute Gasteiger partial charge is 0.387 e. The van der Waals surface area contributed by atoms with Crippen LogP contribution in [0.4, 0.5) is 14.5 Å². The molecular formula is C21H32F2N4O3. The number of guanidine groups is 1. The molecule has 3 rings (SSSR count). The Bertz CT molecular complexity index is 671. The number of nitrogens with one attached hydrogen (secondary N) is 2. The highest BCUT2D eigenvalue weighted by Gasteiger charge is 2.26. The largest absolute Gasteiger partial charge is 0.433 e. The second-order valence-electron chi connectivity index (χ2n) is 7.46. The van der Waals surface area contributed by atoms with Crippen LogP contribution in [0.2, 0.25) is 0 Å². The summed E-state index contributed by atoms with van der Waals surface area (Å²) in [5.74, 6) is 0.949. The quantitative estimate of drug-likeness (QED) is 0.360. The van der Waals surface area contributed by atoms with Crippen LogP contribution in [-0.2, 0) is 9.47 Å². The van der Waals surface area contributed by atoms with E-state index >= 15 is 0 Å². The summed E-state index contributed by atoms with van der Waals surface area (Å²) in [7, 11) is 1.74. The van der Waals surface area contributed by atoms with Gasteiger partial charge in [0.1, 0.15) is 5.75 Å². The van der Waals surface area contributed by atoms with Gasteiger partial charge in [0.2, 0.25) is 0 Å². The minimum atomic E-state index is -2.83. The molecule has 2 heterocycles. The number of hydrogen-bond acceptors (Lipinski definition) is 5. The number of alkyl halides is 2. The van der Waals surface area contributed by atoms with E-state index in [9.17, 15) is 8.78 Å². The normalized spacial score (nSPS) is 20.6. The number of para-hydroxylation sites is 2. The van der Waals surface area contributed by atoms with Crippen molar-refractivity contribution in [3.05, 3.63) is 24.3 Å². The minimum absolute atomic E-state index is 0.175. The first-order valence-electron chi connectivity index (χ1n) is 10.6. The molecule has 2 N–H and O–H groups in total. The fraction of sp³-hybridized carbons (Fsp3) is 0.667. The van der Waals surface area contributed by atoms with Gasteiger partial charge in [0, 0.05) is 52.5 Å². The van der Waals surface area contributed by atoms with Crippen molar-refractivity contribution >= 4 is 11.6 Å². The molecule has 0 bridgehead atoms. The third-order valence-corrected chi connectivity index (χ3v) is 5.31. The number of aliphatic imine (C=N–C) groups is 1. The Morgan fingerprint density at radius 3 is 2.83 bits per heavy atom. The summed E-state index contributed by atoms with van der Waals surface area (Å²) in [5, 5.41) is 6.73. The van der Waals surface area contributed by atoms with E-state index in [0.29, 0.717) is 24.9 Å². The predicted molar refractivity (Wildman–Crippen MR) is 113 cm³/mol. The van der Waals surface area contributed by atoms with Crippen LogP contribution in [0.15, 0.2) is 29.3 Å². The van der Waals surface area contributed by atoms with Crippen LogP contribution in [0.25, 0.3) is 0 Å². The molecule has 168 valence electrons. The lowest BCUT2D eigenvalue weighted by atomic mass is 10.1. The van der Waals surface area contributed by atoms with Crippen LogP contribution in [0, 0.1) is 0 Å². The molecule has 2 fully saturated rings. The molecule has 30 heavy (non-hydrogen) atoms. The van der Waals surface area contributed by atoms with Crippen molar-refractivity contribution < 1.29 is 23.0 Å². The lowest BCUT2D eigenvalue weighted by Crippen LogP contribution is -2.45. The Morgan fingerprint density at radius 2 is 2.07 bits per heavy atom. The summed E-state index contributed by atoms with van der Waals surface area (Å²) >= 11 is 0. The van der Waals surface area contributed by atoms with Crippen molar-refractivity contribution in [3.63, 3.8) is 0 Å². The predicted octanol–water partition coefficient (Wildman–Crippen LogP) is 2.62. The van der Waals surface area contributed by atoms with E-state index in [2.05, 4.69) is 25.3 Å². The van der Waals surface area contributed by atoms with Crippen molar-refractivity contribution in [3.8, 4) is 5.75 Å². The number of anilines is 1. The first kappa shape index (κ1) is 22.6. The summed E-state index contributed by atoms with van der Waals surface area (Å²) in [4.78, 5) is 6.35. The SMILES string of the molecule is CN=C(NCCCOC1CCOCC1)NC1CCN(c2ccccc2OC(F)F)C1. The maximum absolute atomic E-state index is 12.7. The van der Waals surface area contributed by atoms with E-state index in [1.165, 1.54) is 0 Å². The lowest BCUT2D eigenvalue weighted by Gasteiger charge is -2.23. The first-order chi connectivity index (χ1) is 14.7. The topological polar surface area (TPSA) is 67.4 Å². The molecule has 0 aromatic heterocycles. The van der Waals surface area contributed by atoms with Crippen LogP contribution in [-0.4, -0.2) is 71.2 Å². The zero-order valence-electron chi connectivity index (χ0n) is 17.5. The van der Waals surface area contributed by atoms with Gasteiger partial charge >= 0.3 is 6.61 Å². The van der Waals surface area contributed by atoms with Gasteiger partial charge in [-0.3, -0.25) is 4.99 Å². The zero-order valence-corrected chi connectivity index (χ0v) is 17.5. The summed E-state index contributed by atoms with van der Waals surface area (Å²) in [6.07, 6.45) is 4.04. The number of benzene rings is 1. The zero-order chi connectivity index (χ0) is 21.2. The Kier molecular flexibility index (Phi) is 8.95. The Labute approximate surface area is 176 Å². The van der Waals surface area contributed by atoms with E-state index < -0.39 is 6.61 Å². The molecule has 1 atom stereocenters. The number of ether oxygens (including phenoxy) is 3. The third-order valence-electron chi connectivity index (χ3n) is 5.31. The maximum Gasteiger partial charge on any atom is 0.387 e. The summed E-state index contributed by atoms with van der Waals surface area (Å²) in [5.41, 5.74) is 0.690. The average molecular weight is 427 g/mol. The standard InChI is InChI=1S/C21H32F2N4O3/c1-24-21(25-10-4-12-29-17-8-13-28-14-9-17)26-16-7-11-27(15-16)18-5-2-3-6-19(18)30-20(22)23/h2-3,5-6,16-17,20H,4,7-15H2,1H3,(H2,24,25,26). The van der Waals surface area contributed by atoms with Gasteiger partial charge in [-0.15, -0.1) is 0 Å². The van der Waals surface area contributed by atoms with E-state index in [0.717, 1.165) is 57.9 Å². The highest BCUT2D eigenvalue weighted by atomic mass is 19.3. The molecule has 9 heteroatoms. The van der Waals surface area contributed by atoms with Crippen molar-refractivity contribution in [2.24, 2.45) is 4.99 Å². The Balaban J connectivity index is 1.38. The van der Waals surface area contributed by atoms with Crippen molar-refractivity contribution in [2.75, 3.05) is 51.4 Å². The van der Waals surface area contributed by atoms with Crippen molar-refractivity contribution in [2.45, 2.75) is 44.4 Å². The molecule has 0 amide bonds. The number of nitrogens with zero attached hydrogens (tertiary/aromatic N) is 2. The maximum atomic E-state index is 12.7. The molecule has 1 aromatic carbocycles. The molecule has 1 unspecified atom stereocenters. The fourth-order valence-corrected chi connectivity index (χ4v) is 3.77. The molecule has 0 saturated carbocycles. The summed E-state index contributed by atoms with van der Waals surface area (Å²) in [6, 6.07) is 7.09. The van der Waals surface area contributed by atoms with Crippen molar-refractivity contribution in [1.29, 1.82) is 0 Å². The van der Waals surface area contributed by atoms with Gasteiger partial charge in [0.05, 0.1) is 11.8 Å². The third kappa shape index (κ3) is 6.98. The minimum Gasteiger partial charge on any atom is -0.433 e. The first-order valence-corrected chi connectivity index (χ1v) is 10.6. The Hall–Kier alpha value is -2.13. The number of rotatable bonds is 9. The van der Waals surface area contributed by atoms with E-state index in [-0.39, 0.29) is 11.8 Å². The molecule has 7 nitrogen and oxygen atoms in total. The van der Waals surface area contributed by atoms with Gasteiger partial charge in [0.15, 0.2) is 5.96 Å². The molecule has 2 aliphatic rings. The van der Waals surface area contributed by atoms with Gasteiger partial charge in [0.25, 0.3) is 0 Å². The molecule has 0 radical (unpaired) electrons. The molecule has 0 aliphatic carbocycles. The number of halogens is 2. The van der Waals surface area contributed by atoms with E-state index in [1.807, 2.05) is 12.1 Å². The lowest BCUT2D eigenvalue weighted by molar-refractivity contribution is -0.0495. The summed E-state index contributed by atoms with van der Waals surface area (Å²) in [6.45, 7) is 1.68. The molecule has 1 aromatic rings. The monoisotopic (exact) mass is 426 g/mol. The van der Waals surface area contributed by atoms with Gasteiger partial charge in [-0.1, -0.05) is 12.1 Å². The Morgan fingerprint density at radius 1 is 1.27 bits per heavy atom. The van der Waals surface area contributed by atoms with Gasteiger partial charge < -0.3 is 29.7 Å². The van der Waals surface area contributed by atoms with Crippen molar-refractivity contribution in [1.82, 2.24) is 10.6 Å². The highest BCUT2D eigenvalue weighted by molar-refractivity contribution is 5.80. The second kappa shape index (κ2) is 11.9. The van der Waals surface area contributed by atoms with Crippen LogP contribution >= 0.6 is 0 Å². The van der Waals surface area contributed by atoms with Gasteiger partial charge in [-0.25, -0.2) is 0 Å². The van der Waals surface area contributed by atoms with Crippen LogP contribution < -0.4 is 20.3 Å². The number of hydrogen-bond donors (Lipinski definition) is 2. The summed E-state index contributed by atoms with van der Waals surface area (Å²) < 4.78 is 41.2. The van der Waals surface area contributed by atoms with E-state index in [1.54, 1.807) is 19.2 Å². The molecule has 2 aliphatic heterocycles. The molecule has 0 spiro atoms. The van der Waals surface area contributed by atoms with Crippen LogP contribution in [0.1, 0.15) is 25.7 Å². The fourth-order valence-electron chi connectivity index (χ4n) is 3.77. The molecular weight excluding hydrogens is 394 g/mol. The highest BCUT2D eigenvalue weighted by Crippen LogP contribution is 2.31.